The highest BCUT2D eigenvalue weighted by Gasteiger charge is 2.39. The van der Waals surface area contributed by atoms with Crippen LogP contribution in [-0.4, -0.2) is 44.1 Å². The van der Waals surface area contributed by atoms with Gasteiger partial charge in [-0.05, 0) is 51.3 Å². The lowest BCUT2D eigenvalue weighted by Crippen LogP contribution is -2.37. The molecule has 0 fully saturated rings. The fourth-order valence-corrected chi connectivity index (χ4v) is 3.81. The first-order valence-corrected chi connectivity index (χ1v) is 8.94. The molecule has 0 bridgehead atoms. The van der Waals surface area contributed by atoms with Crippen molar-refractivity contribution >= 4 is 22.7 Å². The molecule has 1 unspecified atom stereocenters. The minimum atomic E-state index is -0.330. The molecule has 8 heteroatoms. The molecule has 2 heterocycles. The zero-order valence-corrected chi connectivity index (χ0v) is 15.7. The third kappa shape index (κ3) is 2.96. The Kier molecular flexibility index (Phi) is 4.37. The maximum Gasteiger partial charge on any atom is 0.293 e. The van der Waals surface area contributed by atoms with Gasteiger partial charge in [0.1, 0.15) is 11.4 Å². The average Bonchev–Trinajstić information content (AvgIpc) is 3.01. The monoisotopic (exact) mass is 369 g/mol. The van der Waals surface area contributed by atoms with Crippen molar-refractivity contribution in [3.63, 3.8) is 0 Å². The number of nitrogens with zero attached hydrogens (tertiary/aromatic N) is 3. The fraction of sp³-hybridized carbons (Fsp3) is 0.368. The van der Waals surface area contributed by atoms with E-state index in [9.17, 15) is 10.1 Å². The number of rotatable bonds is 6. The molecular weight excluding hydrogens is 346 g/mol. The number of nitro benzene ring substituents is 1. The van der Waals surface area contributed by atoms with Crippen molar-refractivity contribution in [1.29, 1.82) is 0 Å². The van der Waals surface area contributed by atoms with Crippen LogP contribution in [0.5, 0.6) is 5.75 Å². The van der Waals surface area contributed by atoms with Crippen LogP contribution in [0, 0.1) is 10.1 Å². The molecule has 0 aromatic heterocycles. The second-order valence-electron chi connectivity index (χ2n) is 7.10. The molecule has 0 aliphatic carbocycles. The van der Waals surface area contributed by atoms with Crippen LogP contribution in [0.4, 0.5) is 22.7 Å². The summed E-state index contributed by atoms with van der Waals surface area (Å²) in [6.07, 6.45) is 0.983. The van der Waals surface area contributed by atoms with Crippen LogP contribution in [0.2, 0.25) is 0 Å². The average molecular weight is 369 g/mol. The summed E-state index contributed by atoms with van der Waals surface area (Å²) in [5.41, 5.74) is 8.01. The first-order valence-electron chi connectivity index (χ1n) is 8.94. The summed E-state index contributed by atoms with van der Waals surface area (Å²) >= 11 is 0. The number of anilines is 3. The van der Waals surface area contributed by atoms with Crippen LogP contribution in [0.3, 0.4) is 0 Å². The molecule has 2 aliphatic heterocycles. The number of hydrogen-bond donors (Lipinski definition) is 2. The van der Waals surface area contributed by atoms with E-state index in [4.69, 9.17) is 4.74 Å². The Hall–Kier alpha value is -2.84. The zero-order valence-electron chi connectivity index (χ0n) is 15.7. The van der Waals surface area contributed by atoms with E-state index in [1.54, 1.807) is 13.2 Å². The van der Waals surface area contributed by atoms with Crippen molar-refractivity contribution in [2.45, 2.75) is 12.5 Å². The summed E-state index contributed by atoms with van der Waals surface area (Å²) in [4.78, 5) is 13.4. The number of methoxy groups -OCH3 is 1. The first kappa shape index (κ1) is 17.6. The maximum absolute atomic E-state index is 11.6. The van der Waals surface area contributed by atoms with Crippen LogP contribution in [0.25, 0.3) is 0 Å². The quantitative estimate of drug-likeness (QED) is 0.598. The summed E-state index contributed by atoms with van der Waals surface area (Å²) < 4.78 is 5.38. The topological polar surface area (TPSA) is 82.9 Å². The molecule has 142 valence electrons. The second kappa shape index (κ2) is 6.71. The van der Waals surface area contributed by atoms with Gasteiger partial charge in [0.05, 0.1) is 23.8 Å². The lowest BCUT2D eigenvalue weighted by molar-refractivity contribution is -0.384. The lowest BCUT2D eigenvalue weighted by Gasteiger charge is -2.26. The molecular formula is C19H23N5O3. The molecule has 0 amide bonds. The summed E-state index contributed by atoms with van der Waals surface area (Å²) in [6.45, 7) is 1.79. The minimum absolute atomic E-state index is 0.0946. The van der Waals surface area contributed by atoms with Gasteiger partial charge in [0.2, 0.25) is 0 Å². The highest BCUT2D eigenvalue weighted by Crippen LogP contribution is 2.51. The van der Waals surface area contributed by atoms with E-state index in [0.29, 0.717) is 5.69 Å². The molecule has 27 heavy (non-hydrogen) atoms. The van der Waals surface area contributed by atoms with Crippen molar-refractivity contribution < 1.29 is 9.66 Å². The van der Waals surface area contributed by atoms with Gasteiger partial charge >= 0.3 is 0 Å². The number of nitro groups is 1. The number of hydrazine groups is 1. The smallest absolute Gasteiger partial charge is 0.293 e. The van der Waals surface area contributed by atoms with E-state index in [1.807, 2.05) is 24.3 Å². The second-order valence-corrected chi connectivity index (χ2v) is 7.10. The van der Waals surface area contributed by atoms with E-state index >= 15 is 0 Å². The minimum Gasteiger partial charge on any atom is -0.497 e. The Bertz CT molecular complexity index is 899. The van der Waals surface area contributed by atoms with Gasteiger partial charge in [-0.2, -0.15) is 0 Å². The van der Waals surface area contributed by atoms with Gasteiger partial charge in [0, 0.05) is 29.4 Å². The Labute approximate surface area is 157 Å². The molecule has 0 radical (unpaired) electrons. The highest BCUT2D eigenvalue weighted by molar-refractivity contribution is 5.87. The van der Waals surface area contributed by atoms with Gasteiger partial charge in [0.25, 0.3) is 5.69 Å². The number of hydrogen-bond acceptors (Lipinski definition) is 7. The first-order chi connectivity index (χ1) is 13.0. The van der Waals surface area contributed by atoms with E-state index < -0.39 is 0 Å². The zero-order chi connectivity index (χ0) is 19.1. The Morgan fingerprint density at radius 2 is 2.11 bits per heavy atom. The predicted molar refractivity (Wildman–Crippen MR) is 105 cm³/mol. The van der Waals surface area contributed by atoms with E-state index in [-0.39, 0.29) is 16.7 Å². The number of fused-ring (bicyclic) bond motifs is 2. The third-order valence-electron chi connectivity index (χ3n) is 5.08. The van der Waals surface area contributed by atoms with Gasteiger partial charge in [-0.1, -0.05) is 0 Å². The third-order valence-corrected chi connectivity index (χ3v) is 5.08. The molecule has 2 aromatic rings. The van der Waals surface area contributed by atoms with Crippen LogP contribution in [0.15, 0.2) is 30.3 Å². The van der Waals surface area contributed by atoms with Gasteiger partial charge in [-0.15, -0.1) is 0 Å². The van der Waals surface area contributed by atoms with Crippen LogP contribution < -0.4 is 20.5 Å². The molecule has 2 N–H and O–H groups in total. The molecule has 1 atom stereocenters. The normalized spacial score (nSPS) is 16.7. The maximum atomic E-state index is 11.6. The van der Waals surface area contributed by atoms with Crippen LogP contribution >= 0.6 is 0 Å². The number of ether oxygens (including phenoxy) is 1. The largest absolute Gasteiger partial charge is 0.497 e. The number of benzene rings is 2. The molecule has 0 saturated heterocycles. The summed E-state index contributed by atoms with van der Waals surface area (Å²) in [6, 6.07) is 9.03. The Morgan fingerprint density at radius 3 is 2.81 bits per heavy atom. The lowest BCUT2D eigenvalue weighted by atomic mass is 9.91. The van der Waals surface area contributed by atoms with Crippen molar-refractivity contribution in [3.8, 4) is 5.75 Å². The Balaban J connectivity index is 1.77. The molecule has 2 aromatic carbocycles. The van der Waals surface area contributed by atoms with Gasteiger partial charge < -0.3 is 20.0 Å². The fourth-order valence-electron chi connectivity index (χ4n) is 3.81. The molecule has 0 saturated carbocycles. The van der Waals surface area contributed by atoms with E-state index in [0.717, 1.165) is 47.8 Å². The van der Waals surface area contributed by atoms with Crippen molar-refractivity contribution in [1.82, 2.24) is 10.3 Å². The summed E-state index contributed by atoms with van der Waals surface area (Å²) in [5.74, 6) is 0.763. The molecule has 0 spiro atoms. The van der Waals surface area contributed by atoms with E-state index in [2.05, 4.69) is 34.7 Å². The molecule has 8 nitrogen and oxygen atoms in total. The molecule has 2 aliphatic rings. The van der Waals surface area contributed by atoms with E-state index in [1.165, 1.54) is 0 Å². The van der Waals surface area contributed by atoms with Crippen molar-refractivity contribution in [2.24, 2.45) is 0 Å². The highest BCUT2D eigenvalue weighted by atomic mass is 16.6. The van der Waals surface area contributed by atoms with Crippen molar-refractivity contribution in [3.05, 3.63) is 51.6 Å². The van der Waals surface area contributed by atoms with Gasteiger partial charge in [-0.25, -0.2) is 5.43 Å². The van der Waals surface area contributed by atoms with Crippen molar-refractivity contribution in [2.75, 3.05) is 44.6 Å². The summed E-state index contributed by atoms with van der Waals surface area (Å²) in [5, 5.41) is 16.9. The SMILES string of the molecule is COc1ccc2c(c1)C1NN(CCCN(C)C)c3ccc([N+](=O)[O-])c(c31)N2. The van der Waals surface area contributed by atoms with Gasteiger partial charge in [0.15, 0.2) is 0 Å². The Morgan fingerprint density at radius 1 is 1.30 bits per heavy atom. The van der Waals surface area contributed by atoms with Crippen LogP contribution in [-0.2, 0) is 0 Å². The summed E-state index contributed by atoms with van der Waals surface area (Å²) in [7, 11) is 5.74. The standard InChI is InChI=1S/C19H23N5O3/c1-22(2)9-4-10-23-15-7-8-16(24(25)26)19-17(15)18(21-23)13-11-12(27-3)5-6-14(13)20-19/h5-8,11,18,20-21H,4,9-10H2,1-3H3. The number of nitrogens with one attached hydrogen (secondary N) is 2. The van der Waals surface area contributed by atoms with Crippen LogP contribution in [0.1, 0.15) is 23.6 Å². The predicted octanol–water partition coefficient (Wildman–Crippen LogP) is 3.03. The van der Waals surface area contributed by atoms with Gasteiger partial charge in [-0.3, -0.25) is 10.1 Å². The molecule has 4 rings (SSSR count).